The number of imidazole rings is 1. The molecule has 36 heavy (non-hydrogen) atoms. The highest BCUT2D eigenvalue weighted by molar-refractivity contribution is 5.92. The first-order chi connectivity index (χ1) is 16.9. The Morgan fingerprint density at radius 2 is 1.83 bits per heavy atom. The topological polar surface area (TPSA) is 107 Å². The van der Waals surface area contributed by atoms with E-state index in [-0.39, 0.29) is 35.6 Å². The van der Waals surface area contributed by atoms with Gasteiger partial charge in [0.05, 0.1) is 24.4 Å². The summed E-state index contributed by atoms with van der Waals surface area (Å²) in [6, 6.07) is 1.58. The van der Waals surface area contributed by atoms with Gasteiger partial charge in [0, 0.05) is 31.1 Å². The lowest BCUT2D eigenvalue weighted by atomic mass is 9.90. The molecule has 1 aromatic heterocycles. The van der Waals surface area contributed by atoms with Crippen molar-refractivity contribution in [1.82, 2.24) is 25.5 Å². The molecule has 1 fully saturated rings. The number of H-pyrrole nitrogens is 1. The van der Waals surface area contributed by atoms with Crippen LogP contribution in [0.5, 0.6) is 0 Å². The Labute approximate surface area is 210 Å². The summed E-state index contributed by atoms with van der Waals surface area (Å²) in [4.78, 5) is 47.3. The zero-order valence-electron chi connectivity index (χ0n) is 21.3. The van der Waals surface area contributed by atoms with E-state index >= 15 is 0 Å². The number of halogens is 2. The average Bonchev–Trinajstić information content (AvgIpc) is 3.49. The van der Waals surface area contributed by atoms with Crippen LogP contribution in [-0.2, 0) is 14.4 Å². The molecule has 3 rings (SSSR count). The van der Waals surface area contributed by atoms with Crippen molar-refractivity contribution < 1.29 is 23.2 Å². The average molecular weight is 504 g/mol. The molecule has 0 spiro atoms. The molecule has 10 heteroatoms. The summed E-state index contributed by atoms with van der Waals surface area (Å²) in [5.74, 6) is -2.05. The second-order valence-corrected chi connectivity index (χ2v) is 10.5. The van der Waals surface area contributed by atoms with E-state index in [0.717, 1.165) is 25.0 Å². The largest absolute Gasteiger partial charge is 0.345 e. The van der Waals surface area contributed by atoms with Crippen LogP contribution in [0.2, 0.25) is 0 Å². The van der Waals surface area contributed by atoms with Crippen LogP contribution in [0.25, 0.3) is 11.3 Å². The number of aromatic nitrogens is 2. The smallest absolute Gasteiger partial charge is 0.243 e. The first-order valence-corrected chi connectivity index (χ1v) is 12.3. The SMILES string of the molecule is C[C@H](NC(=O)[C@H](CC(=O)N1CCCC1)NC(=O)CCC(C)(C)C)c1ncc(-c2ccc(F)cc2F)[nH]1. The van der Waals surface area contributed by atoms with Crippen molar-refractivity contribution in [2.45, 2.75) is 71.9 Å². The molecule has 2 heterocycles. The number of rotatable bonds is 9. The molecule has 2 aromatic rings. The second kappa shape index (κ2) is 11.6. The number of amides is 3. The molecular weight excluding hydrogens is 468 g/mol. The molecule has 0 saturated carbocycles. The quantitative estimate of drug-likeness (QED) is 0.483. The number of nitrogens with one attached hydrogen (secondary N) is 3. The molecular formula is C26H35F2N5O3. The predicted octanol–water partition coefficient (Wildman–Crippen LogP) is 3.86. The lowest BCUT2D eigenvalue weighted by Gasteiger charge is -2.24. The number of nitrogens with zero attached hydrogens (tertiary/aromatic N) is 2. The van der Waals surface area contributed by atoms with Crippen molar-refractivity contribution in [3.05, 3.63) is 41.9 Å². The summed E-state index contributed by atoms with van der Waals surface area (Å²) in [5.41, 5.74) is 0.435. The fraction of sp³-hybridized carbons (Fsp3) is 0.538. The molecule has 1 aliphatic rings. The van der Waals surface area contributed by atoms with Gasteiger partial charge in [0.2, 0.25) is 17.7 Å². The molecule has 0 bridgehead atoms. The predicted molar refractivity (Wildman–Crippen MR) is 132 cm³/mol. The van der Waals surface area contributed by atoms with Crippen LogP contribution in [-0.4, -0.2) is 51.7 Å². The number of carbonyl (C=O) groups is 3. The van der Waals surface area contributed by atoms with E-state index in [0.29, 0.717) is 31.0 Å². The van der Waals surface area contributed by atoms with Crippen molar-refractivity contribution in [3.8, 4) is 11.3 Å². The van der Waals surface area contributed by atoms with Gasteiger partial charge in [-0.05, 0) is 43.7 Å². The summed E-state index contributed by atoms with van der Waals surface area (Å²) < 4.78 is 27.4. The molecule has 1 saturated heterocycles. The van der Waals surface area contributed by atoms with Gasteiger partial charge in [-0.3, -0.25) is 14.4 Å². The Bertz CT molecular complexity index is 1090. The Kier molecular flexibility index (Phi) is 8.81. The van der Waals surface area contributed by atoms with Crippen molar-refractivity contribution in [2.75, 3.05) is 13.1 Å². The maximum Gasteiger partial charge on any atom is 0.243 e. The zero-order chi connectivity index (χ0) is 26.5. The molecule has 3 amide bonds. The van der Waals surface area contributed by atoms with Gasteiger partial charge in [-0.25, -0.2) is 13.8 Å². The Hall–Kier alpha value is -3.30. The summed E-state index contributed by atoms with van der Waals surface area (Å²) in [6.45, 7) is 9.06. The molecule has 3 N–H and O–H groups in total. The lowest BCUT2D eigenvalue weighted by molar-refractivity contribution is -0.136. The van der Waals surface area contributed by atoms with Gasteiger partial charge < -0.3 is 20.5 Å². The highest BCUT2D eigenvalue weighted by Gasteiger charge is 2.29. The van der Waals surface area contributed by atoms with E-state index in [4.69, 9.17) is 0 Å². The fourth-order valence-electron chi connectivity index (χ4n) is 4.02. The van der Waals surface area contributed by atoms with E-state index < -0.39 is 29.6 Å². The highest BCUT2D eigenvalue weighted by Crippen LogP contribution is 2.23. The molecule has 0 aliphatic carbocycles. The summed E-state index contributed by atoms with van der Waals surface area (Å²) in [6.07, 6.45) is 3.99. The number of likely N-dealkylation sites (tertiary alicyclic amines) is 1. The van der Waals surface area contributed by atoms with Crippen LogP contribution in [0.1, 0.15) is 71.7 Å². The summed E-state index contributed by atoms with van der Waals surface area (Å²) in [5, 5.41) is 5.52. The van der Waals surface area contributed by atoms with Gasteiger partial charge >= 0.3 is 0 Å². The second-order valence-electron chi connectivity index (χ2n) is 10.5. The van der Waals surface area contributed by atoms with Crippen LogP contribution in [0.15, 0.2) is 24.4 Å². The summed E-state index contributed by atoms with van der Waals surface area (Å²) >= 11 is 0. The van der Waals surface area contributed by atoms with E-state index in [1.165, 1.54) is 12.3 Å². The molecule has 8 nitrogen and oxygen atoms in total. The molecule has 2 atom stereocenters. The minimum atomic E-state index is -1.03. The monoisotopic (exact) mass is 503 g/mol. The summed E-state index contributed by atoms with van der Waals surface area (Å²) in [7, 11) is 0. The maximum atomic E-state index is 14.1. The minimum absolute atomic E-state index is 0.0457. The number of carbonyl (C=O) groups excluding carboxylic acids is 3. The number of aromatic amines is 1. The molecule has 196 valence electrons. The van der Waals surface area contributed by atoms with Gasteiger partial charge in [-0.1, -0.05) is 20.8 Å². The van der Waals surface area contributed by atoms with E-state index in [1.807, 2.05) is 20.8 Å². The van der Waals surface area contributed by atoms with Crippen LogP contribution in [0, 0.1) is 17.0 Å². The minimum Gasteiger partial charge on any atom is -0.345 e. The van der Waals surface area contributed by atoms with Gasteiger partial charge in [0.25, 0.3) is 0 Å². The van der Waals surface area contributed by atoms with Crippen molar-refractivity contribution in [2.24, 2.45) is 5.41 Å². The third-order valence-corrected chi connectivity index (χ3v) is 6.18. The normalized spacial score (nSPS) is 15.4. The van der Waals surface area contributed by atoms with Crippen molar-refractivity contribution >= 4 is 17.7 Å². The van der Waals surface area contributed by atoms with Gasteiger partial charge in [-0.15, -0.1) is 0 Å². The first-order valence-electron chi connectivity index (χ1n) is 12.3. The van der Waals surface area contributed by atoms with Crippen LogP contribution < -0.4 is 10.6 Å². The Morgan fingerprint density at radius 1 is 1.14 bits per heavy atom. The van der Waals surface area contributed by atoms with Gasteiger partial charge in [0.15, 0.2) is 0 Å². The Morgan fingerprint density at radius 3 is 2.47 bits per heavy atom. The van der Waals surface area contributed by atoms with Crippen LogP contribution >= 0.6 is 0 Å². The number of benzene rings is 1. The maximum absolute atomic E-state index is 14.1. The third-order valence-electron chi connectivity index (χ3n) is 6.18. The fourth-order valence-corrected chi connectivity index (χ4v) is 4.02. The van der Waals surface area contributed by atoms with E-state index in [9.17, 15) is 23.2 Å². The highest BCUT2D eigenvalue weighted by atomic mass is 19.1. The lowest BCUT2D eigenvalue weighted by Crippen LogP contribution is -2.50. The number of hydrogen-bond acceptors (Lipinski definition) is 4. The van der Waals surface area contributed by atoms with E-state index in [2.05, 4.69) is 20.6 Å². The Balaban J connectivity index is 1.69. The van der Waals surface area contributed by atoms with Crippen molar-refractivity contribution in [1.29, 1.82) is 0 Å². The third kappa shape index (κ3) is 7.60. The van der Waals surface area contributed by atoms with Crippen LogP contribution in [0.4, 0.5) is 8.78 Å². The standard InChI is InChI=1S/C26H35F2N5O3/c1-16(24-29-15-21(32-24)18-8-7-17(27)13-19(18)28)30-25(36)20(14-23(35)33-11-5-6-12-33)31-22(34)9-10-26(2,3)4/h7-8,13,15-16,20H,5-6,9-12,14H2,1-4H3,(H,29,32)(H,30,36)(H,31,34)/t16-,20-/m0/s1. The van der Waals surface area contributed by atoms with E-state index in [1.54, 1.807) is 11.8 Å². The van der Waals surface area contributed by atoms with Crippen LogP contribution in [0.3, 0.4) is 0 Å². The molecule has 0 unspecified atom stereocenters. The first kappa shape index (κ1) is 27.3. The molecule has 1 aliphatic heterocycles. The number of hydrogen-bond donors (Lipinski definition) is 3. The molecule has 1 aromatic carbocycles. The van der Waals surface area contributed by atoms with Gasteiger partial charge in [-0.2, -0.15) is 0 Å². The molecule has 0 radical (unpaired) electrons. The zero-order valence-corrected chi connectivity index (χ0v) is 21.3. The van der Waals surface area contributed by atoms with Crippen molar-refractivity contribution in [3.63, 3.8) is 0 Å². The van der Waals surface area contributed by atoms with Gasteiger partial charge in [0.1, 0.15) is 23.5 Å².